The van der Waals surface area contributed by atoms with Crippen LogP contribution in [0.2, 0.25) is 0 Å². The van der Waals surface area contributed by atoms with Crippen LogP contribution in [0.15, 0.2) is 107 Å². The molecule has 8 nitrogen and oxygen atoms in total. The molecule has 8 heteroatoms. The molecule has 0 heterocycles. The van der Waals surface area contributed by atoms with Gasteiger partial charge >= 0.3 is 23.9 Å². The van der Waals surface area contributed by atoms with Crippen molar-refractivity contribution in [3.05, 3.63) is 151 Å². The van der Waals surface area contributed by atoms with Crippen molar-refractivity contribution in [3.8, 4) is 0 Å². The lowest BCUT2D eigenvalue weighted by molar-refractivity contribution is 0.0651. The van der Waals surface area contributed by atoms with Crippen LogP contribution in [0.5, 0.6) is 0 Å². The van der Waals surface area contributed by atoms with Crippen molar-refractivity contribution >= 4 is 46.2 Å². The Labute approximate surface area is 313 Å². The van der Waals surface area contributed by atoms with E-state index in [9.17, 15) is 39.6 Å². The second kappa shape index (κ2) is 11.7. The Morgan fingerprint density at radius 3 is 1.06 bits per heavy atom. The molecule has 0 saturated carbocycles. The fourth-order valence-corrected chi connectivity index (χ4v) is 8.68. The van der Waals surface area contributed by atoms with E-state index in [0.717, 1.165) is 55.7 Å². The van der Waals surface area contributed by atoms with E-state index in [0.29, 0.717) is 10.4 Å². The summed E-state index contributed by atoms with van der Waals surface area (Å²) < 4.78 is 0. The number of carbonyl (C=O) groups is 4. The minimum absolute atomic E-state index is 0.131. The van der Waals surface area contributed by atoms with Crippen molar-refractivity contribution in [3.63, 3.8) is 0 Å². The molecule has 0 unspecified atom stereocenters. The van der Waals surface area contributed by atoms with E-state index >= 15 is 0 Å². The van der Waals surface area contributed by atoms with Gasteiger partial charge in [0.05, 0.1) is 22.3 Å². The zero-order chi connectivity index (χ0) is 39.4. The standard InChI is InChI=1S/C46H42O8/c1-43(2,3)27-17-33-29-21-31(41(51)52)32(42(53)54)22-30(29)34-18-28(44(4,5)6)20-36-38(24-11-15-26(16-12-24)40(49)50)37(23-9-13-25(14-10-23)39(47)48)35(19-27)45(33,7)46(34,36)8/h9-22H,1-8H3,(H,47,48)(H,49,50)(H,51,52)(H,53,54)/t45-,46-/m0/s1. The molecule has 274 valence electrons. The molecule has 7 rings (SSSR count). The number of fused-ring (bicyclic) bond motifs is 1. The van der Waals surface area contributed by atoms with Crippen LogP contribution < -0.4 is 10.4 Å². The van der Waals surface area contributed by atoms with Gasteiger partial charge in [-0.15, -0.1) is 0 Å². The first-order chi connectivity index (χ1) is 25.1. The van der Waals surface area contributed by atoms with Gasteiger partial charge in [-0.3, -0.25) is 0 Å². The van der Waals surface area contributed by atoms with Crippen molar-refractivity contribution < 1.29 is 39.6 Å². The van der Waals surface area contributed by atoms with E-state index in [1.807, 2.05) is 0 Å². The van der Waals surface area contributed by atoms with Gasteiger partial charge in [0.2, 0.25) is 0 Å². The lowest BCUT2D eigenvalue weighted by Gasteiger charge is -2.60. The number of carboxylic acid groups (broad SMARTS) is 4. The molecule has 4 aliphatic rings. The number of benzene rings is 3. The number of allylic oxidation sites excluding steroid dienone is 10. The highest BCUT2D eigenvalue weighted by Gasteiger charge is 2.61. The SMILES string of the molecule is CC(C)(C)C1=CC2=c3cc(C(=O)O)c(C(=O)O)cc3=C3C=C(C(C)(C)C)C=C4C(c5ccc(C(=O)O)cc5)=C(c5ccc(C(=O)O)cc5)C(=C1)[C@@]2(C)[C@]43C. The van der Waals surface area contributed by atoms with Crippen LogP contribution in [0, 0.1) is 21.7 Å². The molecule has 0 fully saturated rings. The van der Waals surface area contributed by atoms with Crippen molar-refractivity contribution in [2.75, 3.05) is 0 Å². The van der Waals surface area contributed by atoms with Crippen LogP contribution in [0.4, 0.5) is 0 Å². The number of aromatic carboxylic acids is 4. The maximum Gasteiger partial charge on any atom is 0.336 e. The van der Waals surface area contributed by atoms with Crippen molar-refractivity contribution in [1.29, 1.82) is 0 Å². The predicted octanol–water partition coefficient (Wildman–Crippen LogP) is 8.26. The lowest BCUT2D eigenvalue weighted by atomic mass is 9.42. The van der Waals surface area contributed by atoms with Crippen molar-refractivity contribution in [2.45, 2.75) is 55.4 Å². The molecule has 0 spiro atoms. The fraction of sp³-hybridized carbons (Fsp3) is 0.261. The number of hydrogen-bond donors (Lipinski definition) is 4. The molecule has 0 saturated heterocycles. The Bertz CT molecular complexity index is 2380. The summed E-state index contributed by atoms with van der Waals surface area (Å²) in [6, 6.07) is 16.6. The minimum Gasteiger partial charge on any atom is -0.478 e. The molecular formula is C46H42O8. The molecule has 4 N–H and O–H groups in total. The first-order valence-corrected chi connectivity index (χ1v) is 17.8. The van der Waals surface area contributed by atoms with E-state index < -0.39 is 34.7 Å². The third kappa shape index (κ3) is 5.11. The summed E-state index contributed by atoms with van der Waals surface area (Å²) in [5.41, 5.74) is 5.87. The lowest BCUT2D eigenvalue weighted by Crippen LogP contribution is -2.56. The summed E-state index contributed by atoms with van der Waals surface area (Å²) in [6.45, 7) is 16.9. The van der Waals surface area contributed by atoms with Crippen LogP contribution in [-0.2, 0) is 0 Å². The molecule has 0 bridgehead atoms. The third-order valence-electron chi connectivity index (χ3n) is 11.9. The zero-order valence-corrected chi connectivity index (χ0v) is 31.5. The van der Waals surface area contributed by atoms with Crippen molar-refractivity contribution in [2.24, 2.45) is 21.7 Å². The molecule has 0 aromatic heterocycles. The first kappa shape index (κ1) is 36.3. The van der Waals surface area contributed by atoms with E-state index in [-0.39, 0.29) is 33.1 Å². The third-order valence-corrected chi connectivity index (χ3v) is 11.9. The number of carboxylic acids is 4. The zero-order valence-electron chi connectivity index (χ0n) is 31.5. The Kier molecular flexibility index (Phi) is 7.90. The average molecular weight is 723 g/mol. The smallest absolute Gasteiger partial charge is 0.336 e. The Hall–Kier alpha value is -6.02. The van der Waals surface area contributed by atoms with E-state index in [4.69, 9.17) is 0 Å². The van der Waals surface area contributed by atoms with E-state index in [2.05, 4.69) is 79.7 Å². The Balaban J connectivity index is 1.79. The summed E-state index contributed by atoms with van der Waals surface area (Å²) in [6.07, 6.45) is 8.67. The topological polar surface area (TPSA) is 149 Å². The largest absolute Gasteiger partial charge is 0.478 e. The van der Waals surface area contributed by atoms with E-state index in [1.165, 1.54) is 12.1 Å². The van der Waals surface area contributed by atoms with Crippen LogP contribution in [0.1, 0.15) is 108 Å². The molecule has 0 radical (unpaired) electrons. The van der Waals surface area contributed by atoms with Crippen LogP contribution in [0.25, 0.3) is 22.3 Å². The fourth-order valence-electron chi connectivity index (χ4n) is 8.68. The molecule has 2 atom stereocenters. The van der Waals surface area contributed by atoms with Gasteiger partial charge in [0.15, 0.2) is 0 Å². The second-order valence-electron chi connectivity index (χ2n) is 17.0. The summed E-state index contributed by atoms with van der Waals surface area (Å²) in [5, 5.41) is 41.6. The molecule has 0 aliphatic heterocycles. The maximum atomic E-state index is 12.7. The monoisotopic (exact) mass is 722 g/mol. The van der Waals surface area contributed by atoms with Gasteiger partial charge in [0.1, 0.15) is 0 Å². The number of hydrogen-bond acceptors (Lipinski definition) is 4. The highest BCUT2D eigenvalue weighted by atomic mass is 16.4. The molecule has 54 heavy (non-hydrogen) atoms. The van der Waals surface area contributed by atoms with Crippen LogP contribution in [-0.4, -0.2) is 44.3 Å². The molecule has 3 aromatic carbocycles. The van der Waals surface area contributed by atoms with Gasteiger partial charge in [0.25, 0.3) is 0 Å². The quantitative estimate of drug-likeness (QED) is 0.199. The summed E-state index contributed by atoms with van der Waals surface area (Å²) in [7, 11) is 0. The minimum atomic E-state index is -1.34. The van der Waals surface area contributed by atoms with Gasteiger partial charge < -0.3 is 20.4 Å². The average Bonchev–Trinajstić information content (AvgIpc) is 3.09. The van der Waals surface area contributed by atoms with Crippen LogP contribution in [0.3, 0.4) is 0 Å². The van der Waals surface area contributed by atoms with Crippen LogP contribution >= 0.6 is 0 Å². The van der Waals surface area contributed by atoms with Gasteiger partial charge in [0, 0.05) is 10.8 Å². The molecular weight excluding hydrogens is 680 g/mol. The highest BCUT2D eigenvalue weighted by molar-refractivity contribution is 6.13. The summed E-state index contributed by atoms with van der Waals surface area (Å²) in [5.74, 6) is -4.78. The Morgan fingerprint density at radius 1 is 0.481 bits per heavy atom. The van der Waals surface area contributed by atoms with Gasteiger partial charge in [-0.05, 0) is 113 Å². The van der Waals surface area contributed by atoms with E-state index in [1.54, 1.807) is 48.5 Å². The first-order valence-electron chi connectivity index (χ1n) is 17.8. The molecule has 4 aliphatic carbocycles. The summed E-state index contributed by atoms with van der Waals surface area (Å²) >= 11 is 0. The van der Waals surface area contributed by atoms with Gasteiger partial charge in [-0.1, -0.05) is 104 Å². The maximum absolute atomic E-state index is 12.7. The molecule has 0 amide bonds. The Morgan fingerprint density at radius 2 is 0.796 bits per heavy atom. The van der Waals surface area contributed by atoms with Gasteiger partial charge in [-0.2, -0.15) is 0 Å². The highest BCUT2D eigenvalue weighted by Crippen LogP contribution is 2.71. The molecule has 3 aromatic rings. The predicted molar refractivity (Wildman–Crippen MR) is 207 cm³/mol. The van der Waals surface area contributed by atoms with Crippen molar-refractivity contribution in [1.82, 2.24) is 0 Å². The summed E-state index contributed by atoms with van der Waals surface area (Å²) in [4.78, 5) is 49.4. The number of rotatable bonds is 6. The second-order valence-corrected chi connectivity index (χ2v) is 17.0. The van der Waals surface area contributed by atoms with Gasteiger partial charge in [-0.25, -0.2) is 19.2 Å². The normalized spacial score (nSPS) is 21.6.